The van der Waals surface area contributed by atoms with Crippen LogP contribution < -0.4 is 10.5 Å². The highest BCUT2D eigenvalue weighted by Gasteiger charge is 2.60. The number of hydrogen-bond donors (Lipinski definition) is 1. The number of rotatable bonds is 5. The zero-order valence-corrected chi connectivity index (χ0v) is 20.7. The lowest BCUT2D eigenvalue weighted by molar-refractivity contribution is -0.140. The van der Waals surface area contributed by atoms with Crippen LogP contribution >= 0.6 is 11.6 Å². The molecule has 0 saturated heterocycles. The van der Waals surface area contributed by atoms with Gasteiger partial charge in [0.2, 0.25) is 5.91 Å². The molecule has 1 unspecified atom stereocenters. The molecule has 1 amide bonds. The summed E-state index contributed by atoms with van der Waals surface area (Å²) in [5.41, 5.74) is 9.31. The van der Waals surface area contributed by atoms with Crippen molar-refractivity contribution < 1.29 is 14.3 Å². The van der Waals surface area contributed by atoms with Crippen molar-refractivity contribution in [2.75, 3.05) is 21.3 Å². The lowest BCUT2D eigenvalue weighted by Gasteiger charge is -2.48. The molecule has 1 spiro atoms. The van der Waals surface area contributed by atoms with Gasteiger partial charge in [0.1, 0.15) is 5.75 Å². The summed E-state index contributed by atoms with van der Waals surface area (Å²) in [6, 6.07) is 12.1. The number of benzene rings is 2. The standard InChI is InChI=1S/C27H33ClN2O3/c1-17(29)30(3)25(31)26(2)24-14-18(20-12-21(28)15-23(13-20)33-5)6-7-19(24)16-27(26)10-8-22(32-4)9-11-27/h6-7,12-15,22H,1,8-11,16,29H2,2-5H3. The van der Waals surface area contributed by atoms with Gasteiger partial charge in [0, 0.05) is 19.2 Å². The second kappa shape index (κ2) is 8.69. The lowest BCUT2D eigenvalue weighted by Crippen LogP contribution is -2.54. The van der Waals surface area contributed by atoms with Crippen LogP contribution in [-0.4, -0.2) is 38.2 Å². The van der Waals surface area contributed by atoms with E-state index >= 15 is 0 Å². The van der Waals surface area contributed by atoms with Gasteiger partial charge in [-0.15, -0.1) is 0 Å². The van der Waals surface area contributed by atoms with Gasteiger partial charge in [0.25, 0.3) is 0 Å². The molecule has 0 aliphatic heterocycles. The third kappa shape index (κ3) is 3.81. The number of hydrogen-bond acceptors (Lipinski definition) is 4. The third-order valence-corrected chi connectivity index (χ3v) is 8.28. The molecule has 5 nitrogen and oxygen atoms in total. The van der Waals surface area contributed by atoms with E-state index in [0.717, 1.165) is 48.8 Å². The van der Waals surface area contributed by atoms with Crippen LogP contribution in [-0.2, 0) is 21.4 Å². The fourth-order valence-corrected chi connectivity index (χ4v) is 6.14. The molecule has 2 aliphatic rings. The minimum Gasteiger partial charge on any atom is -0.497 e. The number of likely N-dealkylation sites (N-methyl/N-ethyl adjacent to an activating group) is 1. The Morgan fingerprint density at radius 3 is 2.45 bits per heavy atom. The molecular weight excluding hydrogens is 436 g/mol. The van der Waals surface area contributed by atoms with Crippen molar-refractivity contribution in [2.45, 2.75) is 50.5 Å². The van der Waals surface area contributed by atoms with Crippen molar-refractivity contribution in [1.82, 2.24) is 4.90 Å². The number of carbonyl (C=O) groups is 1. The molecule has 0 aromatic heterocycles. The van der Waals surface area contributed by atoms with Crippen LogP contribution in [0.5, 0.6) is 5.75 Å². The van der Waals surface area contributed by atoms with Gasteiger partial charge in [-0.05, 0) is 91.0 Å². The van der Waals surface area contributed by atoms with Crippen LogP contribution in [0.15, 0.2) is 48.8 Å². The first kappa shape index (κ1) is 23.7. The minimum atomic E-state index is -0.725. The van der Waals surface area contributed by atoms with Gasteiger partial charge in [-0.25, -0.2) is 0 Å². The molecule has 1 fully saturated rings. The summed E-state index contributed by atoms with van der Waals surface area (Å²) in [4.78, 5) is 15.5. The van der Waals surface area contributed by atoms with Crippen molar-refractivity contribution in [1.29, 1.82) is 0 Å². The van der Waals surface area contributed by atoms with E-state index < -0.39 is 5.41 Å². The van der Waals surface area contributed by atoms with E-state index in [0.29, 0.717) is 10.8 Å². The molecule has 2 N–H and O–H groups in total. The lowest BCUT2D eigenvalue weighted by atomic mass is 9.57. The molecule has 2 aromatic carbocycles. The number of carbonyl (C=O) groups excluding carboxylic acids is 1. The number of ether oxygens (including phenoxy) is 2. The van der Waals surface area contributed by atoms with Crippen LogP contribution in [0.4, 0.5) is 0 Å². The van der Waals surface area contributed by atoms with Gasteiger partial charge in [-0.2, -0.15) is 0 Å². The average Bonchev–Trinajstić information content (AvgIpc) is 3.06. The Hall–Kier alpha value is -2.50. The first-order valence-corrected chi connectivity index (χ1v) is 11.8. The second-order valence-corrected chi connectivity index (χ2v) is 10.1. The molecule has 1 saturated carbocycles. The normalized spacial score (nSPS) is 26.2. The summed E-state index contributed by atoms with van der Waals surface area (Å²) in [6.07, 6.45) is 4.85. The summed E-state index contributed by atoms with van der Waals surface area (Å²) in [7, 11) is 5.12. The van der Waals surface area contributed by atoms with Gasteiger partial charge in [0.15, 0.2) is 0 Å². The van der Waals surface area contributed by atoms with Crippen LogP contribution in [0.1, 0.15) is 43.7 Å². The van der Waals surface area contributed by atoms with E-state index in [1.54, 1.807) is 27.3 Å². The van der Waals surface area contributed by atoms with Crippen LogP contribution in [0, 0.1) is 5.41 Å². The van der Waals surface area contributed by atoms with Gasteiger partial charge >= 0.3 is 0 Å². The average molecular weight is 469 g/mol. The SMILES string of the molecule is C=C(N)N(C)C(=O)C1(C)c2cc(-c3cc(Cl)cc(OC)c3)ccc2CC12CCC(OC)CC2. The Morgan fingerprint density at radius 1 is 1.15 bits per heavy atom. The smallest absolute Gasteiger partial charge is 0.238 e. The number of nitrogens with two attached hydrogens (primary N) is 1. The maximum absolute atomic E-state index is 14.0. The summed E-state index contributed by atoms with van der Waals surface area (Å²) in [5.74, 6) is 0.946. The van der Waals surface area contributed by atoms with Crippen molar-refractivity contribution in [3.63, 3.8) is 0 Å². The summed E-state index contributed by atoms with van der Waals surface area (Å²) >= 11 is 6.35. The van der Waals surface area contributed by atoms with Crippen molar-refractivity contribution in [3.8, 4) is 16.9 Å². The fourth-order valence-electron chi connectivity index (χ4n) is 5.91. The molecule has 33 heavy (non-hydrogen) atoms. The Morgan fingerprint density at radius 2 is 1.85 bits per heavy atom. The third-order valence-electron chi connectivity index (χ3n) is 8.06. The Kier molecular flexibility index (Phi) is 6.23. The molecule has 6 heteroatoms. The molecule has 0 radical (unpaired) electrons. The van der Waals surface area contributed by atoms with Gasteiger partial charge in [-0.3, -0.25) is 4.79 Å². The summed E-state index contributed by atoms with van der Waals surface area (Å²) in [5, 5.41) is 0.609. The van der Waals surface area contributed by atoms with Crippen LogP contribution in [0.25, 0.3) is 11.1 Å². The predicted molar refractivity (Wildman–Crippen MR) is 132 cm³/mol. The van der Waals surface area contributed by atoms with Gasteiger partial charge in [0.05, 0.1) is 24.4 Å². The molecule has 0 heterocycles. The summed E-state index contributed by atoms with van der Waals surface area (Å²) < 4.78 is 11.1. The number of fused-ring (bicyclic) bond motifs is 1. The predicted octanol–water partition coefficient (Wildman–Crippen LogP) is 5.29. The Bertz CT molecular complexity index is 1090. The first-order chi connectivity index (χ1) is 15.6. The van der Waals surface area contributed by atoms with Crippen molar-refractivity contribution >= 4 is 17.5 Å². The summed E-state index contributed by atoms with van der Waals surface area (Å²) in [6.45, 7) is 5.92. The first-order valence-electron chi connectivity index (χ1n) is 11.4. The quantitative estimate of drug-likeness (QED) is 0.647. The van der Waals surface area contributed by atoms with Gasteiger partial charge in [-0.1, -0.05) is 30.3 Å². The van der Waals surface area contributed by atoms with E-state index in [9.17, 15) is 4.79 Å². The largest absolute Gasteiger partial charge is 0.497 e. The number of halogens is 1. The maximum atomic E-state index is 14.0. The topological polar surface area (TPSA) is 64.8 Å². The van der Waals surface area contributed by atoms with E-state index in [4.69, 9.17) is 26.8 Å². The molecule has 2 aromatic rings. The fraction of sp³-hybridized carbons (Fsp3) is 0.444. The van der Waals surface area contributed by atoms with E-state index in [2.05, 4.69) is 31.7 Å². The number of nitrogens with zero attached hydrogens (tertiary/aromatic N) is 1. The molecule has 0 bridgehead atoms. The monoisotopic (exact) mass is 468 g/mol. The zero-order valence-electron chi connectivity index (χ0n) is 19.9. The Labute approximate surface area is 201 Å². The highest BCUT2D eigenvalue weighted by atomic mass is 35.5. The Balaban J connectivity index is 1.85. The maximum Gasteiger partial charge on any atom is 0.238 e. The van der Waals surface area contributed by atoms with E-state index in [1.807, 2.05) is 12.1 Å². The van der Waals surface area contributed by atoms with Crippen LogP contribution in [0.3, 0.4) is 0 Å². The molecule has 4 rings (SSSR count). The minimum absolute atomic E-state index is 0.00885. The number of methoxy groups -OCH3 is 2. The molecule has 1 atom stereocenters. The van der Waals surface area contributed by atoms with Crippen LogP contribution in [0.2, 0.25) is 5.02 Å². The second-order valence-electron chi connectivity index (χ2n) is 9.62. The van der Waals surface area contributed by atoms with Gasteiger partial charge < -0.3 is 20.1 Å². The van der Waals surface area contributed by atoms with Crippen molar-refractivity contribution in [2.24, 2.45) is 11.1 Å². The van der Waals surface area contributed by atoms with Crippen molar-refractivity contribution in [3.05, 3.63) is 64.9 Å². The number of amides is 1. The molecular formula is C27H33ClN2O3. The van der Waals surface area contributed by atoms with E-state index in [1.165, 1.54) is 10.5 Å². The highest BCUT2D eigenvalue weighted by Crippen LogP contribution is 2.60. The zero-order chi connectivity index (χ0) is 24.0. The highest BCUT2D eigenvalue weighted by molar-refractivity contribution is 6.31. The molecule has 2 aliphatic carbocycles. The van der Waals surface area contributed by atoms with E-state index in [-0.39, 0.29) is 23.2 Å². The molecule has 176 valence electrons.